The molecule has 0 bridgehead atoms. The van der Waals surface area contributed by atoms with E-state index in [2.05, 4.69) is 4.65 Å². The van der Waals surface area contributed by atoms with Gasteiger partial charge in [-0.05, 0) is 0 Å². The van der Waals surface area contributed by atoms with Crippen LogP contribution in [0.3, 0.4) is 0 Å². The van der Waals surface area contributed by atoms with Gasteiger partial charge in [-0.15, -0.1) is 0 Å². The zero-order chi connectivity index (χ0) is 16.1. The van der Waals surface area contributed by atoms with E-state index < -0.39 is 64.6 Å². The highest BCUT2D eigenvalue weighted by atomic mass is 19.2. The Kier molecular flexibility index (Phi) is 3.72. The third-order valence-corrected chi connectivity index (χ3v) is 2.52. The molecule has 0 amide bonds. The Bertz CT molecular complexity index is 750. The van der Waals surface area contributed by atoms with Crippen LogP contribution in [-0.2, 0) is 0 Å². The van der Waals surface area contributed by atoms with Gasteiger partial charge in [0.05, 0.1) is 10.8 Å². The van der Waals surface area contributed by atoms with Crippen molar-refractivity contribution in [3.8, 4) is 5.75 Å². The molecule has 0 aromatic heterocycles. The second-order valence-electron chi connectivity index (χ2n) is 3.72. The first kappa shape index (κ1) is 15.4. The summed E-state index contributed by atoms with van der Waals surface area (Å²) in [6.07, 6.45) is 0. The van der Waals surface area contributed by atoms with Crippen LogP contribution in [0.1, 0.15) is 0 Å². The fraction of sp³-hybridized carbons (Fsp3) is 0. The highest BCUT2D eigenvalue weighted by Crippen LogP contribution is 2.37. The van der Waals surface area contributed by atoms with Gasteiger partial charge in [-0.25, -0.2) is 26.3 Å². The van der Waals surface area contributed by atoms with Gasteiger partial charge in [0.25, 0.3) is 0 Å². The minimum Gasteiger partial charge on any atom is -0.507 e. The first-order valence-electron chi connectivity index (χ1n) is 5.03. The second kappa shape index (κ2) is 5.08. The average Bonchev–Trinajstić information content (AvgIpc) is 2.42. The Morgan fingerprint density at radius 3 is 1.38 bits per heavy atom. The van der Waals surface area contributed by atoms with Crippen molar-refractivity contribution in [2.24, 2.45) is 0 Å². The van der Waals surface area contributed by atoms with Gasteiger partial charge >= 0.3 is 7.32 Å². The maximum absolute atomic E-state index is 13.8. The molecule has 2 aromatic carbocycles. The van der Waals surface area contributed by atoms with E-state index in [1.807, 2.05) is 0 Å². The highest BCUT2D eigenvalue weighted by molar-refractivity contribution is 6.33. The molecule has 3 nitrogen and oxygen atoms in total. The summed E-state index contributed by atoms with van der Waals surface area (Å²) in [6.45, 7) is 0. The zero-order valence-corrected chi connectivity index (χ0v) is 9.53. The molecule has 0 atom stereocenters. The van der Waals surface area contributed by atoms with Gasteiger partial charge in [-0.2, -0.15) is 4.39 Å². The number of benzene rings is 2. The summed E-state index contributed by atoms with van der Waals surface area (Å²) in [6, 6.07) is 0. The van der Waals surface area contributed by atoms with E-state index in [0.717, 1.165) is 0 Å². The quantitative estimate of drug-likeness (QED) is 0.387. The monoisotopic (exact) mass is 314 g/mol. The van der Waals surface area contributed by atoms with Crippen molar-refractivity contribution >= 4 is 18.1 Å². The molecule has 0 aliphatic heterocycles. The Hall–Kier alpha value is -2.01. The summed E-state index contributed by atoms with van der Waals surface area (Å²) in [5.41, 5.74) is 0. The van der Waals surface area contributed by atoms with Crippen molar-refractivity contribution in [1.29, 1.82) is 0 Å². The van der Waals surface area contributed by atoms with Crippen molar-refractivity contribution in [2.45, 2.75) is 0 Å². The van der Waals surface area contributed by atoms with Crippen LogP contribution in [0.25, 0.3) is 10.8 Å². The van der Waals surface area contributed by atoms with Gasteiger partial charge < -0.3 is 14.7 Å². The molecule has 2 N–H and O–H groups in total. The Morgan fingerprint density at radius 1 is 0.571 bits per heavy atom. The first-order chi connectivity index (χ1) is 9.68. The highest BCUT2D eigenvalue weighted by Gasteiger charge is 2.32. The molecule has 112 valence electrons. The number of hydrogen-bond acceptors (Lipinski definition) is 3. The van der Waals surface area contributed by atoms with Crippen LogP contribution in [0.4, 0.5) is 30.7 Å². The summed E-state index contributed by atoms with van der Waals surface area (Å²) in [5, 5.41) is 13.2. The van der Waals surface area contributed by atoms with Crippen LogP contribution in [0.2, 0.25) is 0 Å². The molecule has 0 fully saturated rings. The van der Waals surface area contributed by atoms with Gasteiger partial charge in [0.2, 0.25) is 5.82 Å². The molecule has 2 aromatic rings. The maximum Gasteiger partial charge on any atom is 0.707 e. The van der Waals surface area contributed by atoms with Crippen LogP contribution in [-0.4, -0.2) is 17.4 Å². The lowest BCUT2D eigenvalue weighted by atomic mass is 10.1. The maximum atomic E-state index is 13.8. The van der Waals surface area contributed by atoms with E-state index >= 15 is 0 Å². The lowest BCUT2D eigenvalue weighted by Gasteiger charge is -2.13. The first-order valence-corrected chi connectivity index (χ1v) is 5.03. The van der Waals surface area contributed by atoms with Crippen LogP contribution < -0.4 is 4.65 Å². The van der Waals surface area contributed by atoms with Gasteiger partial charge in [-0.3, -0.25) is 0 Å². The molecule has 0 aliphatic carbocycles. The predicted octanol–water partition coefficient (Wildman–Crippen LogP) is 2.16. The van der Waals surface area contributed by atoms with Gasteiger partial charge in [-0.1, -0.05) is 0 Å². The molecule has 21 heavy (non-hydrogen) atoms. The Morgan fingerprint density at radius 2 is 0.952 bits per heavy atom. The molecule has 0 saturated carbocycles. The summed E-state index contributed by atoms with van der Waals surface area (Å²) >= 11 is 0. The van der Waals surface area contributed by atoms with Gasteiger partial charge in [0, 0.05) is 0 Å². The van der Waals surface area contributed by atoms with Crippen LogP contribution >= 0.6 is 0 Å². The van der Waals surface area contributed by atoms with E-state index in [1.54, 1.807) is 0 Å². The zero-order valence-electron chi connectivity index (χ0n) is 9.53. The summed E-state index contributed by atoms with van der Waals surface area (Å²) in [4.78, 5) is 0. The molecule has 0 radical (unpaired) electrons. The molecule has 0 spiro atoms. The van der Waals surface area contributed by atoms with Crippen molar-refractivity contribution in [3.63, 3.8) is 0 Å². The number of halogens is 7. The van der Waals surface area contributed by atoms with Crippen molar-refractivity contribution < 1.29 is 45.4 Å². The Balaban J connectivity index is 3.03. The summed E-state index contributed by atoms with van der Waals surface area (Å²) in [5.74, 6) is -18.2. The molecule has 0 saturated heterocycles. The Labute approximate surface area is 111 Å². The number of fused-ring (bicyclic) bond motifs is 1. The fourth-order valence-electron chi connectivity index (χ4n) is 1.67. The SMILES string of the molecule is OB(O)Oc1c(F)c(F)c2c(F)c(F)c(F)c(F)c2c1F. The molecular weight excluding hydrogens is 312 g/mol. The summed E-state index contributed by atoms with van der Waals surface area (Å²) in [7, 11) is -2.83. The standard InChI is InChI=1S/C10H2BF7O3/c12-3-1-2(4(13)8(17)7(3)16)6(15)10(21-11(19)20)9(18)5(1)14/h19-20H. The third-order valence-electron chi connectivity index (χ3n) is 2.52. The van der Waals surface area contributed by atoms with Gasteiger partial charge in [0.15, 0.2) is 40.7 Å². The largest absolute Gasteiger partial charge is 0.707 e. The van der Waals surface area contributed by atoms with E-state index in [-0.39, 0.29) is 0 Å². The lowest BCUT2D eigenvalue weighted by molar-refractivity contribution is 0.272. The normalized spacial score (nSPS) is 11.1. The second-order valence-corrected chi connectivity index (χ2v) is 3.72. The van der Waals surface area contributed by atoms with E-state index in [1.165, 1.54) is 0 Å². The number of rotatable bonds is 2. The molecule has 0 unspecified atom stereocenters. The molecule has 2 rings (SSSR count). The molecule has 11 heteroatoms. The van der Waals surface area contributed by atoms with Gasteiger partial charge in [0.1, 0.15) is 0 Å². The molecular formula is C10H2BF7O3. The molecule has 0 aliphatic rings. The minimum absolute atomic E-state index is 1.78. The smallest absolute Gasteiger partial charge is 0.507 e. The van der Waals surface area contributed by atoms with Crippen LogP contribution in [0, 0.1) is 40.7 Å². The average molecular weight is 314 g/mol. The summed E-state index contributed by atoms with van der Waals surface area (Å²) < 4.78 is 97.3. The van der Waals surface area contributed by atoms with Crippen molar-refractivity contribution in [1.82, 2.24) is 0 Å². The van der Waals surface area contributed by atoms with Crippen LogP contribution in [0.15, 0.2) is 0 Å². The van der Waals surface area contributed by atoms with Crippen molar-refractivity contribution in [2.75, 3.05) is 0 Å². The van der Waals surface area contributed by atoms with E-state index in [4.69, 9.17) is 10.0 Å². The lowest BCUT2D eigenvalue weighted by Crippen LogP contribution is -2.22. The third kappa shape index (κ3) is 2.18. The topological polar surface area (TPSA) is 49.7 Å². The fourth-order valence-corrected chi connectivity index (χ4v) is 1.67. The van der Waals surface area contributed by atoms with Crippen LogP contribution in [0.5, 0.6) is 5.75 Å². The predicted molar refractivity (Wildman–Crippen MR) is 54.5 cm³/mol. The van der Waals surface area contributed by atoms with Crippen molar-refractivity contribution in [3.05, 3.63) is 40.7 Å². The minimum atomic E-state index is -2.83. The molecule has 0 heterocycles. The number of hydrogen-bond donors (Lipinski definition) is 2. The van der Waals surface area contributed by atoms with E-state index in [0.29, 0.717) is 0 Å². The van der Waals surface area contributed by atoms with E-state index in [9.17, 15) is 30.7 Å².